The second-order valence-corrected chi connectivity index (χ2v) is 3.81. The van der Waals surface area contributed by atoms with Gasteiger partial charge in [-0.05, 0) is 20.4 Å². The Balaban J connectivity index is 2.48. The molecule has 1 aliphatic rings. The highest BCUT2D eigenvalue weighted by atomic mass is 16.5. The zero-order valence-corrected chi connectivity index (χ0v) is 9.25. The van der Waals surface area contributed by atoms with Crippen LogP contribution in [0.15, 0.2) is 0 Å². The predicted molar refractivity (Wildman–Crippen MR) is 55.1 cm³/mol. The summed E-state index contributed by atoms with van der Waals surface area (Å²) >= 11 is 0. The molecule has 0 radical (unpaired) electrons. The largest absolute Gasteiger partial charge is 0.372 e. The van der Waals surface area contributed by atoms with E-state index in [9.17, 15) is 4.79 Å². The maximum atomic E-state index is 11.6. The van der Waals surface area contributed by atoms with Gasteiger partial charge in [-0.2, -0.15) is 0 Å². The third-order valence-corrected chi connectivity index (χ3v) is 2.46. The summed E-state index contributed by atoms with van der Waals surface area (Å²) in [5.41, 5.74) is 0. The summed E-state index contributed by atoms with van der Waals surface area (Å²) in [6, 6.07) is 0. The van der Waals surface area contributed by atoms with E-state index < -0.39 is 0 Å². The topological polar surface area (TPSA) is 41.6 Å². The molecule has 82 valence electrons. The number of hydrogen-bond acceptors (Lipinski definition) is 3. The molecule has 1 heterocycles. The van der Waals surface area contributed by atoms with Crippen molar-refractivity contribution in [1.82, 2.24) is 10.2 Å². The molecule has 1 rings (SSSR count). The Morgan fingerprint density at radius 1 is 1.57 bits per heavy atom. The van der Waals surface area contributed by atoms with Gasteiger partial charge in [0.05, 0.1) is 18.8 Å². The van der Waals surface area contributed by atoms with Gasteiger partial charge >= 0.3 is 0 Å². The smallest absolute Gasteiger partial charge is 0.236 e. The third kappa shape index (κ3) is 2.96. The van der Waals surface area contributed by atoms with Crippen LogP contribution in [0.1, 0.15) is 20.3 Å². The van der Waals surface area contributed by atoms with Crippen LogP contribution in [-0.2, 0) is 9.53 Å². The van der Waals surface area contributed by atoms with Gasteiger partial charge in [-0.15, -0.1) is 0 Å². The molecule has 1 saturated heterocycles. The number of morpholine rings is 1. The van der Waals surface area contributed by atoms with Crippen molar-refractivity contribution in [3.63, 3.8) is 0 Å². The predicted octanol–water partition coefficient (Wildman–Crippen LogP) is 0.232. The van der Waals surface area contributed by atoms with Crippen LogP contribution < -0.4 is 5.32 Å². The standard InChI is InChI=1S/C10H20N2O2/c1-4-9-7-12(6-8(2)14-9)10(13)5-11-3/h8-9,11H,4-7H2,1-3H3. The highest BCUT2D eigenvalue weighted by Crippen LogP contribution is 2.13. The maximum Gasteiger partial charge on any atom is 0.236 e. The molecule has 0 spiro atoms. The zero-order chi connectivity index (χ0) is 10.6. The average Bonchev–Trinajstić information content (AvgIpc) is 2.17. The van der Waals surface area contributed by atoms with E-state index in [0.717, 1.165) is 19.5 Å². The van der Waals surface area contributed by atoms with Gasteiger partial charge in [-0.3, -0.25) is 4.79 Å². The van der Waals surface area contributed by atoms with Crippen LogP contribution in [0.2, 0.25) is 0 Å². The van der Waals surface area contributed by atoms with Gasteiger partial charge in [-0.1, -0.05) is 6.92 Å². The molecule has 1 N–H and O–H groups in total. The second-order valence-electron chi connectivity index (χ2n) is 3.81. The first-order valence-electron chi connectivity index (χ1n) is 5.25. The zero-order valence-electron chi connectivity index (χ0n) is 9.25. The summed E-state index contributed by atoms with van der Waals surface area (Å²) in [5.74, 6) is 0.168. The number of ether oxygens (including phenoxy) is 1. The lowest BCUT2D eigenvalue weighted by Gasteiger charge is -2.36. The van der Waals surface area contributed by atoms with E-state index in [4.69, 9.17) is 4.74 Å². The van der Waals surface area contributed by atoms with Crippen LogP contribution in [0.3, 0.4) is 0 Å². The minimum absolute atomic E-state index is 0.162. The van der Waals surface area contributed by atoms with Crippen molar-refractivity contribution in [2.24, 2.45) is 0 Å². The Bertz CT molecular complexity index is 197. The summed E-state index contributed by atoms with van der Waals surface area (Å²) in [4.78, 5) is 13.5. The van der Waals surface area contributed by atoms with Crippen LogP contribution in [0.25, 0.3) is 0 Å². The molecule has 1 fully saturated rings. The van der Waals surface area contributed by atoms with Gasteiger partial charge in [0.1, 0.15) is 0 Å². The molecule has 0 bridgehead atoms. The van der Waals surface area contributed by atoms with Crippen LogP contribution in [0, 0.1) is 0 Å². The van der Waals surface area contributed by atoms with Crippen molar-refractivity contribution in [3.8, 4) is 0 Å². The average molecular weight is 200 g/mol. The molecular formula is C10H20N2O2. The van der Waals surface area contributed by atoms with Crippen molar-refractivity contribution >= 4 is 5.91 Å². The first-order chi connectivity index (χ1) is 6.67. The van der Waals surface area contributed by atoms with Crippen molar-refractivity contribution < 1.29 is 9.53 Å². The van der Waals surface area contributed by atoms with Crippen molar-refractivity contribution in [2.45, 2.75) is 32.5 Å². The van der Waals surface area contributed by atoms with Gasteiger partial charge in [0.2, 0.25) is 5.91 Å². The molecule has 4 nitrogen and oxygen atoms in total. The van der Waals surface area contributed by atoms with Crippen LogP contribution in [0.5, 0.6) is 0 Å². The van der Waals surface area contributed by atoms with Crippen molar-refractivity contribution in [2.75, 3.05) is 26.7 Å². The van der Waals surface area contributed by atoms with Crippen molar-refractivity contribution in [3.05, 3.63) is 0 Å². The molecule has 4 heteroatoms. The molecule has 0 saturated carbocycles. The summed E-state index contributed by atoms with van der Waals surface area (Å²) in [6.07, 6.45) is 1.34. The number of hydrogen-bond donors (Lipinski definition) is 1. The fourth-order valence-corrected chi connectivity index (χ4v) is 1.74. The highest BCUT2D eigenvalue weighted by molar-refractivity contribution is 5.78. The summed E-state index contributed by atoms with van der Waals surface area (Å²) in [6.45, 7) is 5.98. The Morgan fingerprint density at radius 3 is 2.86 bits per heavy atom. The van der Waals surface area contributed by atoms with Gasteiger partial charge in [-0.25, -0.2) is 0 Å². The monoisotopic (exact) mass is 200 g/mol. The molecule has 1 aliphatic heterocycles. The van der Waals surface area contributed by atoms with E-state index in [1.807, 2.05) is 11.8 Å². The SMILES string of the molecule is CCC1CN(C(=O)CNC)CC(C)O1. The molecule has 0 aliphatic carbocycles. The first kappa shape index (κ1) is 11.5. The summed E-state index contributed by atoms with van der Waals surface area (Å²) < 4.78 is 5.68. The van der Waals surface area contributed by atoms with E-state index >= 15 is 0 Å². The van der Waals surface area contributed by atoms with E-state index in [0.29, 0.717) is 6.54 Å². The van der Waals surface area contributed by atoms with Crippen LogP contribution >= 0.6 is 0 Å². The number of carbonyl (C=O) groups is 1. The molecular weight excluding hydrogens is 180 g/mol. The lowest BCUT2D eigenvalue weighted by Crippen LogP contribution is -2.50. The van der Waals surface area contributed by atoms with Gasteiger partial charge in [0, 0.05) is 13.1 Å². The van der Waals surface area contributed by atoms with E-state index in [2.05, 4.69) is 12.2 Å². The second kappa shape index (κ2) is 5.32. The summed E-state index contributed by atoms with van der Waals surface area (Å²) in [5, 5.41) is 2.88. The summed E-state index contributed by atoms with van der Waals surface area (Å²) in [7, 11) is 1.79. The van der Waals surface area contributed by atoms with Crippen LogP contribution in [0.4, 0.5) is 0 Å². The molecule has 1 amide bonds. The van der Waals surface area contributed by atoms with E-state index in [1.54, 1.807) is 7.05 Å². The Kier molecular flexibility index (Phi) is 4.35. The molecule has 0 aromatic heterocycles. The normalized spacial score (nSPS) is 27.8. The van der Waals surface area contributed by atoms with E-state index in [1.165, 1.54) is 0 Å². The minimum Gasteiger partial charge on any atom is -0.372 e. The number of carbonyl (C=O) groups excluding carboxylic acids is 1. The lowest BCUT2D eigenvalue weighted by atomic mass is 10.2. The third-order valence-electron chi connectivity index (χ3n) is 2.46. The number of nitrogens with one attached hydrogen (secondary N) is 1. The minimum atomic E-state index is 0.162. The fourth-order valence-electron chi connectivity index (χ4n) is 1.74. The fraction of sp³-hybridized carbons (Fsp3) is 0.900. The van der Waals surface area contributed by atoms with Gasteiger partial charge < -0.3 is 15.0 Å². The lowest BCUT2D eigenvalue weighted by molar-refractivity contribution is -0.143. The van der Waals surface area contributed by atoms with Gasteiger partial charge in [0.15, 0.2) is 0 Å². The Morgan fingerprint density at radius 2 is 2.29 bits per heavy atom. The number of likely N-dealkylation sites (N-methyl/N-ethyl adjacent to an activating group) is 1. The van der Waals surface area contributed by atoms with Gasteiger partial charge in [0.25, 0.3) is 0 Å². The van der Waals surface area contributed by atoms with Crippen molar-refractivity contribution in [1.29, 1.82) is 0 Å². The Hall–Kier alpha value is -0.610. The quantitative estimate of drug-likeness (QED) is 0.709. The molecule has 14 heavy (non-hydrogen) atoms. The van der Waals surface area contributed by atoms with E-state index in [-0.39, 0.29) is 18.1 Å². The molecule has 0 aromatic rings. The molecule has 0 aromatic carbocycles. The maximum absolute atomic E-state index is 11.6. The molecule has 2 unspecified atom stereocenters. The Labute approximate surface area is 85.6 Å². The number of rotatable bonds is 3. The number of amides is 1. The highest BCUT2D eigenvalue weighted by Gasteiger charge is 2.26. The van der Waals surface area contributed by atoms with Crippen LogP contribution in [-0.4, -0.2) is 49.7 Å². The molecule has 2 atom stereocenters. The number of nitrogens with zero attached hydrogens (tertiary/aromatic N) is 1. The first-order valence-corrected chi connectivity index (χ1v) is 5.25.